The Morgan fingerprint density at radius 1 is 1.21 bits per heavy atom. The standard InChI is InChI=1S/C20H24N2O5S/c1-13(2)22-28(24,25)19-12-14(8-9-18(19)26-3)20(23)21-16-10-11-27-17-7-5-4-6-15(16)17/h4-9,12-13,16,22H,10-11H2,1-3H3,(H,21,23)/t16-/m1/s1. The second-order valence-electron chi connectivity index (χ2n) is 6.84. The Hall–Kier alpha value is -2.58. The first-order valence-electron chi connectivity index (χ1n) is 9.05. The average molecular weight is 404 g/mol. The van der Waals surface area contributed by atoms with E-state index in [2.05, 4.69) is 10.0 Å². The Morgan fingerprint density at radius 3 is 2.68 bits per heavy atom. The van der Waals surface area contributed by atoms with Gasteiger partial charge in [-0.2, -0.15) is 0 Å². The van der Waals surface area contributed by atoms with Crippen LogP contribution < -0.4 is 19.5 Å². The number of hydrogen-bond donors (Lipinski definition) is 2. The van der Waals surface area contributed by atoms with Gasteiger partial charge in [0.2, 0.25) is 10.0 Å². The SMILES string of the molecule is COc1ccc(C(=O)N[C@@H]2CCOc3ccccc32)cc1S(=O)(=O)NC(C)C. The normalized spacial score (nSPS) is 16.2. The number of para-hydroxylation sites is 1. The molecule has 8 heteroatoms. The highest BCUT2D eigenvalue weighted by Crippen LogP contribution is 2.32. The van der Waals surface area contributed by atoms with E-state index in [1.807, 2.05) is 24.3 Å². The Balaban J connectivity index is 1.88. The fourth-order valence-corrected chi connectivity index (χ4v) is 4.58. The van der Waals surface area contributed by atoms with Crippen molar-refractivity contribution in [3.8, 4) is 11.5 Å². The summed E-state index contributed by atoms with van der Waals surface area (Å²) in [4.78, 5) is 12.7. The number of rotatable bonds is 6. The van der Waals surface area contributed by atoms with Crippen molar-refractivity contribution in [3.05, 3.63) is 53.6 Å². The summed E-state index contributed by atoms with van der Waals surface area (Å²) in [6.45, 7) is 3.95. The molecule has 7 nitrogen and oxygen atoms in total. The molecule has 0 saturated carbocycles. The van der Waals surface area contributed by atoms with E-state index in [0.717, 1.165) is 11.3 Å². The third kappa shape index (κ3) is 4.28. The van der Waals surface area contributed by atoms with Gasteiger partial charge in [-0.1, -0.05) is 18.2 Å². The second-order valence-corrected chi connectivity index (χ2v) is 8.53. The highest BCUT2D eigenvalue weighted by Gasteiger charge is 2.25. The van der Waals surface area contributed by atoms with Crippen LogP contribution >= 0.6 is 0 Å². The van der Waals surface area contributed by atoms with Crippen molar-refractivity contribution in [2.75, 3.05) is 13.7 Å². The lowest BCUT2D eigenvalue weighted by Gasteiger charge is -2.26. The van der Waals surface area contributed by atoms with Gasteiger partial charge >= 0.3 is 0 Å². The number of methoxy groups -OCH3 is 1. The molecule has 0 unspecified atom stereocenters. The molecule has 0 aromatic heterocycles. The summed E-state index contributed by atoms with van der Waals surface area (Å²) in [5.41, 5.74) is 1.15. The van der Waals surface area contributed by atoms with E-state index in [9.17, 15) is 13.2 Å². The van der Waals surface area contributed by atoms with Gasteiger partial charge in [-0.05, 0) is 38.1 Å². The van der Waals surface area contributed by atoms with Gasteiger partial charge in [-0.3, -0.25) is 4.79 Å². The largest absolute Gasteiger partial charge is 0.495 e. The van der Waals surface area contributed by atoms with Gasteiger partial charge in [0.05, 0.1) is 19.8 Å². The van der Waals surface area contributed by atoms with Crippen LogP contribution in [0.4, 0.5) is 0 Å². The van der Waals surface area contributed by atoms with Gasteiger partial charge in [0.1, 0.15) is 16.4 Å². The highest BCUT2D eigenvalue weighted by molar-refractivity contribution is 7.89. The lowest BCUT2D eigenvalue weighted by molar-refractivity contribution is 0.0924. The topological polar surface area (TPSA) is 93.7 Å². The first-order chi connectivity index (χ1) is 13.3. The maximum atomic E-state index is 12.8. The molecule has 2 N–H and O–H groups in total. The van der Waals surface area contributed by atoms with E-state index in [4.69, 9.17) is 9.47 Å². The van der Waals surface area contributed by atoms with E-state index >= 15 is 0 Å². The van der Waals surface area contributed by atoms with Crippen LogP contribution in [0.5, 0.6) is 11.5 Å². The Bertz CT molecular complexity index is 972. The first kappa shape index (κ1) is 20.2. The summed E-state index contributed by atoms with van der Waals surface area (Å²) >= 11 is 0. The molecule has 0 spiro atoms. The third-order valence-corrected chi connectivity index (χ3v) is 6.05. The van der Waals surface area contributed by atoms with Crippen LogP contribution in [0.25, 0.3) is 0 Å². The average Bonchev–Trinajstić information content (AvgIpc) is 2.66. The fraction of sp³-hybridized carbons (Fsp3) is 0.350. The summed E-state index contributed by atoms with van der Waals surface area (Å²) in [6.07, 6.45) is 0.638. The molecule has 150 valence electrons. The van der Waals surface area contributed by atoms with Crippen LogP contribution in [0.3, 0.4) is 0 Å². The molecule has 1 aliphatic rings. The summed E-state index contributed by atoms with van der Waals surface area (Å²) in [5, 5.41) is 2.97. The van der Waals surface area contributed by atoms with Gasteiger partial charge in [-0.15, -0.1) is 0 Å². The van der Waals surface area contributed by atoms with Crippen LogP contribution in [-0.2, 0) is 10.0 Å². The van der Waals surface area contributed by atoms with Gasteiger partial charge in [0.25, 0.3) is 5.91 Å². The zero-order chi connectivity index (χ0) is 20.3. The minimum absolute atomic E-state index is 0.0660. The quantitative estimate of drug-likeness (QED) is 0.772. The van der Waals surface area contributed by atoms with Crippen LogP contribution in [0.15, 0.2) is 47.4 Å². The van der Waals surface area contributed by atoms with Crippen LogP contribution in [0.1, 0.15) is 42.2 Å². The zero-order valence-corrected chi connectivity index (χ0v) is 16.9. The number of hydrogen-bond acceptors (Lipinski definition) is 5. The van der Waals surface area contributed by atoms with Crippen molar-refractivity contribution in [2.45, 2.75) is 37.2 Å². The van der Waals surface area contributed by atoms with Crippen molar-refractivity contribution >= 4 is 15.9 Å². The number of fused-ring (bicyclic) bond motifs is 1. The molecule has 0 bridgehead atoms. The van der Waals surface area contributed by atoms with Crippen molar-refractivity contribution in [1.82, 2.24) is 10.0 Å². The third-order valence-electron chi connectivity index (χ3n) is 4.37. The molecule has 1 heterocycles. The molecule has 28 heavy (non-hydrogen) atoms. The number of ether oxygens (including phenoxy) is 2. The summed E-state index contributed by atoms with van der Waals surface area (Å²) < 4.78 is 38.5. The molecule has 2 aromatic carbocycles. The lowest BCUT2D eigenvalue weighted by atomic mass is 10.00. The number of carbonyl (C=O) groups is 1. The predicted octanol–water partition coefficient (Wildman–Crippen LogP) is 2.64. The Kier molecular flexibility index (Phi) is 5.90. The minimum Gasteiger partial charge on any atom is -0.495 e. The fourth-order valence-electron chi connectivity index (χ4n) is 3.14. The van der Waals surface area contributed by atoms with Gasteiger partial charge in [-0.25, -0.2) is 13.1 Å². The first-order valence-corrected chi connectivity index (χ1v) is 10.5. The van der Waals surface area contributed by atoms with Crippen molar-refractivity contribution in [2.24, 2.45) is 0 Å². The lowest BCUT2D eigenvalue weighted by Crippen LogP contribution is -2.33. The number of carbonyl (C=O) groups excluding carboxylic acids is 1. The van der Waals surface area contributed by atoms with Gasteiger partial charge in [0, 0.05) is 23.6 Å². The molecule has 0 radical (unpaired) electrons. The summed E-state index contributed by atoms with van der Waals surface area (Å²) in [7, 11) is -2.42. The van der Waals surface area contributed by atoms with Gasteiger partial charge < -0.3 is 14.8 Å². The van der Waals surface area contributed by atoms with Crippen molar-refractivity contribution in [1.29, 1.82) is 0 Å². The molecule has 0 fully saturated rings. The van der Waals surface area contributed by atoms with E-state index in [-0.39, 0.29) is 34.2 Å². The van der Waals surface area contributed by atoms with E-state index in [1.54, 1.807) is 19.9 Å². The van der Waals surface area contributed by atoms with Gasteiger partial charge in [0.15, 0.2) is 0 Å². The molecule has 2 aromatic rings. The van der Waals surface area contributed by atoms with Crippen LogP contribution in [0, 0.1) is 0 Å². The molecule has 3 rings (SSSR count). The molecule has 0 saturated heterocycles. The molecule has 1 atom stereocenters. The smallest absolute Gasteiger partial charge is 0.251 e. The monoisotopic (exact) mass is 404 g/mol. The van der Waals surface area contributed by atoms with Crippen LogP contribution in [0.2, 0.25) is 0 Å². The zero-order valence-electron chi connectivity index (χ0n) is 16.1. The highest BCUT2D eigenvalue weighted by atomic mass is 32.2. The summed E-state index contributed by atoms with van der Waals surface area (Å²) in [5.74, 6) is 0.574. The molecular formula is C20H24N2O5S. The number of amides is 1. The second kappa shape index (κ2) is 8.20. The molecular weight excluding hydrogens is 380 g/mol. The summed E-state index contributed by atoms with van der Waals surface area (Å²) in [6, 6.07) is 11.4. The van der Waals surface area contributed by atoms with Crippen LogP contribution in [-0.4, -0.2) is 34.1 Å². The van der Waals surface area contributed by atoms with Crippen molar-refractivity contribution in [3.63, 3.8) is 0 Å². The maximum absolute atomic E-state index is 12.8. The number of sulfonamides is 1. The van der Waals surface area contributed by atoms with E-state index in [1.165, 1.54) is 19.2 Å². The number of benzene rings is 2. The Morgan fingerprint density at radius 2 is 1.96 bits per heavy atom. The minimum atomic E-state index is -3.82. The molecule has 1 aliphatic heterocycles. The van der Waals surface area contributed by atoms with Crippen molar-refractivity contribution < 1.29 is 22.7 Å². The molecule has 0 aliphatic carbocycles. The predicted molar refractivity (Wildman–Crippen MR) is 105 cm³/mol. The Labute approximate surface area is 165 Å². The van der Waals surface area contributed by atoms with E-state index in [0.29, 0.717) is 13.0 Å². The molecule has 1 amide bonds. The van der Waals surface area contributed by atoms with E-state index < -0.39 is 10.0 Å². The number of nitrogens with one attached hydrogen (secondary N) is 2. The maximum Gasteiger partial charge on any atom is 0.251 e.